The second-order valence-electron chi connectivity index (χ2n) is 4.50. The molecule has 2 heterocycles. The summed E-state index contributed by atoms with van der Waals surface area (Å²) < 4.78 is 7.00. The maximum absolute atomic E-state index is 9.19. The SMILES string of the molecule is COc1cccc(-c2nc3ccc(CO)cn3c2N)c1. The van der Waals surface area contributed by atoms with E-state index < -0.39 is 0 Å². The van der Waals surface area contributed by atoms with E-state index in [0.717, 1.165) is 22.5 Å². The van der Waals surface area contributed by atoms with Crippen LogP contribution in [0.5, 0.6) is 5.75 Å². The van der Waals surface area contributed by atoms with E-state index in [1.165, 1.54) is 0 Å². The summed E-state index contributed by atoms with van der Waals surface area (Å²) in [4.78, 5) is 4.53. The number of ether oxygens (including phenoxy) is 1. The molecular weight excluding hydrogens is 254 g/mol. The lowest BCUT2D eigenvalue weighted by atomic mass is 10.1. The van der Waals surface area contributed by atoms with Crippen molar-refractivity contribution in [3.8, 4) is 17.0 Å². The van der Waals surface area contributed by atoms with Crippen LogP contribution in [0.3, 0.4) is 0 Å². The number of methoxy groups -OCH3 is 1. The van der Waals surface area contributed by atoms with Gasteiger partial charge in [-0.25, -0.2) is 4.98 Å². The number of benzene rings is 1. The lowest BCUT2D eigenvalue weighted by molar-refractivity contribution is 0.281. The molecule has 5 heteroatoms. The minimum absolute atomic E-state index is 0.0257. The smallest absolute Gasteiger partial charge is 0.139 e. The minimum Gasteiger partial charge on any atom is -0.497 e. The van der Waals surface area contributed by atoms with Crippen LogP contribution in [-0.2, 0) is 6.61 Å². The first-order valence-electron chi connectivity index (χ1n) is 6.24. The summed E-state index contributed by atoms with van der Waals surface area (Å²) >= 11 is 0. The fourth-order valence-electron chi connectivity index (χ4n) is 2.18. The number of aliphatic hydroxyl groups is 1. The van der Waals surface area contributed by atoms with Gasteiger partial charge in [0.15, 0.2) is 0 Å². The summed E-state index contributed by atoms with van der Waals surface area (Å²) in [6.45, 7) is -0.0257. The van der Waals surface area contributed by atoms with Crippen molar-refractivity contribution in [3.63, 3.8) is 0 Å². The molecule has 0 aliphatic heterocycles. The van der Waals surface area contributed by atoms with Crippen LogP contribution in [-0.4, -0.2) is 21.6 Å². The van der Waals surface area contributed by atoms with Crippen LogP contribution in [0.4, 0.5) is 5.82 Å². The zero-order valence-electron chi connectivity index (χ0n) is 11.1. The number of nitrogens with two attached hydrogens (primary N) is 1. The lowest BCUT2D eigenvalue weighted by Crippen LogP contribution is -1.96. The van der Waals surface area contributed by atoms with Crippen LogP contribution >= 0.6 is 0 Å². The summed E-state index contributed by atoms with van der Waals surface area (Å²) in [5.74, 6) is 1.30. The molecule has 0 bridgehead atoms. The Hall–Kier alpha value is -2.53. The normalized spacial score (nSPS) is 10.9. The Morgan fingerprint density at radius 3 is 2.90 bits per heavy atom. The number of nitrogens with zero attached hydrogens (tertiary/aromatic N) is 2. The largest absolute Gasteiger partial charge is 0.497 e. The van der Waals surface area contributed by atoms with Crippen LogP contribution in [0.25, 0.3) is 16.9 Å². The molecule has 5 nitrogen and oxygen atoms in total. The van der Waals surface area contributed by atoms with Gasteiger partial charge in [-0.05, 0) is 23.8 Å². The highest BCUT2D eigenvalue weighted by Crippen LogP contribution is 2.29. The molecule has 0 unspecified atom stereocenters. The van der Waals surface area contributed by atoms with Crippen molar-refractivity contribution in [2.24, 2.45) is 0 Å². The Morgan fingerprint density at radius 1 is 1.30 bits per heavy atom. The molecule has 0 aliphatic rings. The molecule has 0 fully saturated rings. The summed E-state index contributed by atoms with van der Waals surface area (Å²) in [5.41, 5.74) is 9.31. The van der Waals surface area contributed by atoms with Crippen molar-refractivity contribution in [1.82, 2.24) is 9.38 Å². The van der Waals surface area contributed by atoms with Crippen molar-refractivity contribution in [2.45, 2.75) is 6.61 Å². The summed E-state index contributed by atoms with van der Waals surface area (Å²) in [6.07, 6.45) is 1.79. The van der Waals surface area contributed by atoms with Crippen molar-refractivity contribution < 1.29 is 9.84 Å². The minimum atomic E-state index is -0.0257. The van der Waals surface area contributed by atoms with Crippen molar-refractivity contribution >= 4 is 11.5 Å². The summed E-state index contributed by atoms with van der Waals surface area (Å²) in [7, 11) is 1.62. The molecule has 0 aliphatic carbocycles. The molecule has 102 valence electrons. The number of aromatic nitrogens is 2. The van der Waals surface area contributed by atoms with Crippen molar-refractivity contribution in [1.29, 1.82) is 0 Å². The molecule has 0 radical (unpaired) electrons. The van der Waals surface area contributed by atoms with Crippen LogP contribution in [0.2, 0.25) is 0 Å². The first kappa shape index (κ1) is 12.5. The number of pyridine rings is 1. The fraction of sp³-hybridized carbons (Fsp3) is 0.133. The fourth-order valence-corrected chi connectivity index (χ4v) is 2.18. The molecular formula is C15H15N3O2. The van der Waals surface area contributed by atoms with E-state index >= 15 is 0 Å². The molecule has 0 saturated carbocycles. The van der Waals surface area contributed by atoms with Gasteiger partial charge in [0.25, 0.3) is 0 Å². The van der Waals surface area contributed by atoms with E-state index in [1.54, 1.807) is 17.7 Å². The molecule has 0 amide bonds. The maximum Gasteiger partial charge on any atom is 0.139 e. The predicted molar refractivity (Wildman–Crippen MR) is 77.5 cm³/mol. The molecule has 1 aromatic carbocycles. The summed E-state index contributed by atoms with van der Waals surface area (Å²) in [6, 6.07) is 11.3. The van der Waals surface area contributed by atoms with Gasteiger partial charge in [0.2, 0.25) is 0 Å². The van der Waals surface area contributed by atoms with Gasteiger partial charge in [0.05, 0.1) is 13.7 Å². The Bertz CT molecular complexity index is 765. The number of imidazole rings is 1. The first-order chi connectivity index (χ1) is 9.72. The van der Waals surface area contributed by atoms with E-state index in [9.17, 15) is 5.11 Å². The average Bonchev–Trinajstić information content (AvgIpc) is 2.84. The topological polar surface area (TPSA) is 72.8 Å². The number of rotatable bonds is 3. The number of aliphatic hydroxyl groups excluding tert-OH is 1. The number of hydrogen-bond donors (Lipinski definition) is 2. The molecule has 3 rings (SSSR count). The second kappa shape index (κ2) is 4.86. The van der Waals surface area contributed by atoms with E-state index in [-0.39, 0.29) is 6.61 Å². The second-order valence-corrected chi connectivity index (χ2v) is 4.50. The maximum atomic E-state index is 9.19. The van der Waals surface area contributed by atoms with Gasteiger partial charge < -0.3 is 15.6 Å². The molecule has 0 atom stereocenters. The third-order valence-electron chi connectivity index (χ3n) is 3.24. The monoisotopic (exact) mass is 269 g/mol. The summed E-state index contributed by atoms with van der Waals surface area (Å²) in [5, 5.41) is 9.19. The van der Waals surface area contributed by atoms with Crippen molar-refractivity contribution in [2.75, 3.05) is 12.8 Å². The Kier molecular flexibility index (Phi) is 3.04. The number of fused-ring (bicyclic) bond motifs is 1. The molecule has 0 saturated heterocycles. The lowest BCUT2D eigenvalue weighted by Gasteiger charge is -2.03. The van der Waals surface area contributed by atoms with Crippen LogP contribution in [0.1, 0.15) is 5.56 Å². The average molecular weight is 269 g/mol. The van der Waals surface area contributed by atoms with E-state index in [4.69, 9.17) is 10.5 Å². The van der Waals surface area contributed by atoms with Crippen molar-refractivity contribution in [3.05, 3.63) is 48.2 Å². The quantitative estimate of drug-likeness (QED) is 0.763. The molecule has 2 aromatic heterocycles. The number of nitrogen functional groups attached to an aromatic ring is 1. The zero-order chi connectivity index (χ0) is 14.1. The molecule has 20 heavy (non-hydrogen) atoms. The molecule has 3 N–H and O–H groups in total. The van der Waals surface area contributed by atoms with Crippen LogP contribution in [0.15, 0.2) is 42.6 Å². The standard InChI is InChI=1S/C15H15N3O2/c1-20-12-4-2-3-11(7-12)14-15(16)18-8-10(9-19)5-6-13(18)17-14/h2-8,19H,9,16H2,1H3. The van der Waals surface area contributed by atoms with Crippen LogP contribution in [0, 0.1) is 0 Å². The Balaban J connectivity index is 2.18. The molecule has 0 spiro atoms. The molecule has 3 aromatic rings. The van der Waals surface area contributed by atoms with Gasteiger partial charge in [-0.3, -0.25) is 4.40 Å². The predicted octanol–water partition coefficient (Wildman–Crippen LogP) is 2.08. The van der Waals surface area contributed by atoms with Gasteiger partial charge in [-0.15, -0.1) is 0 Å². The van der Waals surface area contributed by atoms with Gasteiger partial charge in [-0.2, -0.15) is 0 Å². The zero-order valence-corrected chi connectivity index (χ0v) is 11.1. The number of anilines is 1. The van der Waals surface area contributed by atoms with Gasteiger partial charge in [-0.1, -0.05) is 18.2 Å². The van der Waals surface area contributed by atoms with E-state index in [1.807, 2.05) is 36.4 Å². The van der Waals surface area contributed by atoms with Gasteiger partial charge in [0, 0.05) is 11.8 Å². The first-order valence-corrected chi connectivity index (χ1v) is 6.24. The highest BCUT2D eigenvalue weighted by atomic mass is 16.5. The van der Waals surface area contributed by atoms with Gasteiger partial charge >= 0.3 is 0 Å². The Morgan fingerprint density at radius 2 is 2.15 bits per heavy atom. The van der Waals surface area contributed by atoms with Crippen LogP contribution < -0.4 is 10.5 Å². The third kappa shape index (κ3) is 1.98. The highest BCUT2D eigenvalue weighted by molar-refractivity contribution is 5.75. The number of hydrogen-bond acceptors (Lipinski definition) is 4. The Labute approximate surface area is 116 Å². The van der Waals surface area contributed by atoms with E-state index in [0.29, 0.717) is 11.5 Å². The third-order valence-corrected chi connectivity index (χ3v) is 3.24. The van der Waals surface area contributed by atoms with Gasteiger partial charge in [0.1, 0.15) is 22.9 Å². The van der Waals surface area contributed by atoms with E-state index in [2.05, 4.69) is 4.98 Å². The highest BCUT2D eigenvalue weighted by Gasteiger charge is 2.12.